The molecule has 2 heterocycles. The summed E-state index contributed by atoms with van der Waals surface area (Å²) in [7, 11) is 0. The third kappa shape index (κ3) is 3.50. The maximum atomic E-state index is 11.5. The third-order valence-electron chi connectivity index (χ3n) is 2.54. The van der Waals surface area contributed by atoms with Gasteiger partial charge in [0.1, 0.15) is 0 Å². The SMILES string of the molecule is O=C(O)CC1CN(CC(=O)Nc2nccs2)C1. The first-order valence-electron chi connectivity index (χ1n) is 5.27. The molecule has 17 heavy (non-hydrogen) atoms. The van der Waals surface area contributed by atoms with E-state index in [-0.39, 0.29) is 18.2 Å². The summed E-state index contributed by atoms with van der Waals surface area (Å²) in [6.45, 7) is 1.66. The number of carbonyl (C=O) groups is 2. The smallest absolute Gasteiger partial charge is 0.303 e. The zero-order chi connectivity index (χ0) is 12.3. The van der Waals surface area contributed by atoms with Gasteiger partial charge in [0.15, 0.2) is 5.13 Å². The highest BCUT2D eigenvalue weighted by Crippen LogP contribution is 2.18. The second-order valence-corrected chi connectivity index (χ2v) is 4.94. The second kappa shape index (κ2) is 5.24. The molecule has 1 saturated heterocycles. The molecule has 1 amide bonds. The van der Waals surface area contributed by atoms with Crippen LogP contribution in [0, 0.1) is 5.92 Å². The highest BCUT2D eigenvalue weighted by Gasteiger charge is 2.29. The largest absolute Gasteiger partial charge is 0.481 e. The Kier molecular flexibility index (Phi) is 3.70. The van der Waals surface area contributed by atoms with Crippen LogP contribution < -0.4 is 5.32 Å². The van der Waals surface area contributed by atoms with Gasteiger partial charge < -0.3 is 10.4 Å². The van der Waals surface area contributed by atoms with Gasteiger partial charge in [0.2, 0.25) is 5.91 Å². The van der Waals surface area contributed by atoms with Crippen LogP contribution in [0.4, 0.5) is 5.13 Å². The van der Waals surface area contributed by atoms with E-state index >= 15 is 0 Å². The standard InChI is InChI=1S/C10H13N3O3S/c14-8(12-10-11-1-2-17-10)6-13-4-7(5-13)3-9(15)16/h1-2,7H,3-6H2,(H,15,16)(H,11,12,14). The van der Waals surface area contributed by atoms with Crippen LogP contribution in [0.25, 0.3) is 0 Å². The first kappa shape index (κ1) is 12.0. The Bertz CT molecular complexity index is 401. The number of carboxylic acids is 1. The van der Waals surface area contributed by atoms with Crippen LogP contribution in [0.15, 0.2) is 11.6 Å². The number of rotatable bonds is 5. The molecule has 1 aliphatic rings. The number of amides is 1. The number of carboxylic acid groups (broad SMARTS) is 1. The quantitative estimate of drug-likeness (QED) is 0.800. The fraction of sp³-hybridized carbons (Fsp3) is 0.500. The lowest BCUT2D eigenvalue weighted by atomic mass is 9.96. The molecule has 92 valence electrons. The fourth-order valence-corrected chi connectivity index (χ4v) is 2.37. The minimum Gasteiger partial charge on any atom is -0.481 e. The Morgan fingerprint density at radius 2 is 2.35 bits per heavy atom. The number of aromatic nitrogens is 1. The first-order valence-corrected chi connectivity index (χ1v) is 6.15. The van der Waals surface area contributed by atoms with Gasteiger partial charge in [-0.2, -0.15) is 0 Å². The van der Waals surface area contributed by atoms with E-state index in [1.165, 1.54) is 11.3 Å². The summed E-state index contributed by atoms with van der Waals surface area (Å²) in [5.74, 6) is -0.698. The van der Waals surface area contributed by atoms with Gasteiger partial charge >= 0.3 is 5.97 Å². The number of anilines is 1. The van der Waals surface area contributed by atoms with Gasteiger partial charge in [-0.15, -0.1) is 11.3 Å². The molecule has 0 saturated carbocycles. The Labute approximate surface area is 102 Å². The van der Waals surface area contributed by atoms with Gasteiger partial charge in [0.05, 0.1) is 13.0 Å². The fourth-order valence-electron chi connectivity index (χ4n) is 1.83. The van der Waals surface area contributed by atoms with Crippen molar-refractivity contribution in [2.45, 2.75) is 6.42 Å². The predicted molar refractivity (Wildman–Crippen MR) is 62.9 cm³/mol. The molecule has 0 radical (unpaired) electrons. The van der Waals surface area contributed by atoms with Gasteiger partial charge in [-0.25, -0.2) is 4.98 Å². The zero-order valence-corrected chi connectivity index (χ0v) is 9.94. The lowest BCUT2D eigenvalue weighted by molar-refractivity contribution is -0.139. The molecule has 7 heteroatoms. The highest BCUT2D eigenvalue weighted by molar-refractivity contribution is 7.13. The molecule has 0 bridgehead atoms. The molecule has 0 aliphatic carbocycles. The monoisotopic (exact) mass is 255 g/mol. The van der Waals surface area contributed by atoms with Crippen molar-refractivity contribution >= 4 is 28.3 Å². The van der Waals surface area contributed by atoms with Gasteiger partial charge in [-0.1, -0.05) is 0 Å². The highest BCUT2D eigenvalue weighted by atomic mass is 32.1. The molecule has 2 N–H and O–H groups in total. The van der Waals surface area contributed by atoms with Crippen molar-refractivity contribution in [3.63, 3.8) is 0 Å². The van der Waals surface area contributed by atoms with E-state index in [1.807, 2.05) is 4.90 Å². The average molecular weight is 255 g/mol. The van der Waals surface area contributed by atoms with E-state index in [4.69, 9.17) is 5.11 Å². The summed E-state index contributed by atoms with van der Waals surface area (Å²) in [5.41, 5.74) is 0. The molecule has 0 spiro atoms. The Morgan fingerprint density at radius 3 is 2.94 bits per heavy atom. The van der Waals surface area contributed by atoms with Crippen molar-refractivity contribution < 1.29 is 14.7 Å². The molecule has 0 atom stereocenters. The Balaban J connectivity index is 1.66. The minimum atomic E-state index is -0.776. The van der Waals surface area contributed by atoms with Gasteiger partial charge in [0, 0.05) is 24.7 Å². The average Bonchev–Trinajstić information content (AvgIpc) is 2.66. The third-order valence-corrected chi connectivity index (χ3v) is 3.23. The molecule has 1 aromatic heterocycles. The van der Waals surface area contributed by atoms with Gasteiger partial charge in [-0.3, -0.25) is 14.5 Å². The van der Waals surface area contributed by atoms with Gasteiger partial charge in [-0.05, 0) is 5.92 Å². The molecular weight excluding hydrogens is 242 g/mol. The summed E-state index contributed by atoms with van der Waals surface area (Å²) < 4.78 is 0. The number of hydrogen-bond donors (Lipinski definition) is 2. The Hall–Kier alpha value is -1.47. The number of carbonyl (C=O) groups excluding carboxylic acids is 1. The van der Waals surface area contributed by atoms with Crippen LogP contribution in [0.5, 0.6) is 0 Å². The van der Waals surface area contributed by atoms with Crippen molar-refractivity contribution in [3.05, 3.63) is 11.6 Å². The van der Waals surface area contributed by atoms with Gasteiger partial charge in [0.25, 0.3) is 0 Å². The molecule has 0 unspecified atom stereocenters. The van der Waals surface area contributed by atoms with Crippen LogP contribution in [0.1, 0.15) is 6.42 Å². The summed E-state index contributed by atoms with van der Waals surface area (Å²) in [4.78, 5) is 27.9. The van der Waals surface area contributed by atoms with E-state index in [9.17, 15) is 9.59 Å². The zero-order valence-electron chi connectivity index (χ0n) is 9.13. The Morgan fingerprint density at radius 1 is 1.59 bits per heavy atom. The number of thiazole rings is 1. The minimum absolute atomic E-state index is 0.103. The number of nitrogens with one attached hydrogen (secondary N) is 1. The maximum absolute atomic E-state index is 11.5. The van der Waals surface area contributed by atoms with Crippen LogP contribution in [-0.2, 0) is 9.59 Å². The number of nitrogens with zero attached hydrogens (tertiary/aromatic N) is 2. The normalized spacial score (nSPS) is 16.5. The summed E-state index contributed by atoms with van der Waals surface area (Å²) in [5, 5.41) is 13.7. The molecule has 1 aromatic rings. The van der Waals surface area contributed by atoms with Crippen molar-refractivity contribution in [3.8, 4) is 0 Å². The molecular formula is C10H13N3O3S. The lowest BCUT2D eigenvalue weighted by Crippen LogP contribution is -2.50. The first-order chi connectivity index (χ1) is 8.13. The van der Waals surface area contributed by atoms with Crippen molar-refractivity contribution in [2.24, 2.45) is 5.92 Å². The summed E-state index contributed by atoms with van der Waals surface area (Å²) in [6.07, 6.45) is 1.82. The van der Waals surface area contributed by atoms with E-state index < -0.39 is 5.97 Å². The van der Waals surface area contributed by atoms with Crippen LogP contribution >= 0.6 is 11.3 Å². The lowest BCUT2D eigenvalue weighted by Gasteiger charge is -2.37. The number of likely N-dealkylation sites (tertiary alicyclic amines) is 1. The van der Waals surface area contributed by atoms with Crippen molar-refractivity contribution in [2.75, 3.05) is 25.0 Å². The summed E-state index contributed by atoms with van der Waals surface area (Å²) in [6, 6.07) is 0. The summed E-state index contributed by atoms with van der Waals surface area (Å²) >= 11 is 1.37. The van der Waals surface area contributed by atoms with Crippen LogP contribution in [0.2, 0.25) is 0 Å². The van der Waals surface area contributed by atoms with E-state index in [0.29, 0.717) is 24.8 Å². The topological polar surface area (TPSA) is 82.5 Å². The molecule has 1 aliphatic heterocycles. The van der Waals surface area contributed by atoms with E-state index in [0.717, 1.165) is 0 Å². The predicted octanol–water partition coefficient (Wildman–Crippen LogP) is 0.488. The maximum Gasteiger partial charge on any atom is 0.303 e. The van der Waals surface area contributed by atoms with Crippen molar-refractivity contribution in [1.29, 1.82) is 0 Å². The van der Waals surface area contributed by atoms with E-state index in [2.05, 4.69) is 10.3 Å². The molecule has 2 rings (SSSR count). The van der Waals surface area contributed by atoms with Crippen molar-refractivity contribution in [1.82, 2.24) is 9.88 Å². The second-order valence-electron chi connectivity index (χ2n) is 4.04. The number of hydrogen-bond acceptors (Lipinski definition) is 5. The van der Waals surface area contributed by atoms with Crippen LogP contribution in [0.3, 0.4) is 0 Å². The molecule has 6 nitrogen and oxygen atoms in total. The van der Waals surface area contributed by atoms with E-state index in [1.54, 1.807) is 11.6 Å². The number of aliphatic carboxylic acids is 1. The van der Waals surface area contributed by atoms with Crippen LogP contribution in [-0.4, -0.2) is 46.5 Å². The molecule has 1 fully saturated rings. The molecule has 0 aromatic carbocycles.